The highest BCUT2D eigenvalue weighted by Crippen LogP contribution is 2.26. The molecule has 0 radical (unpaired) electrons. The smallest absolute Gasteiger partial charge is 0.276 e. The molecular formula is C24H21N3O6S. The van der Waals surface area contributed by atoms with Gasteiger partial charge in [0.15, 0.2) is 0 Å². The van der Waals surface area contributed by atoms with Crippen molar-refractivity contribution >= 4 is 32.6 Å². The zero-order valence-corrected chi connectivity index (χ0v) is 19.1. The number of carbonyl (C=O) groups is 1. The van der Waals surface area contributed by atoms with E-state index < -0.39 is 15.9 Å². The maximum atomic E-state index is 13.2. The molecule has 0 spiro atoms. The number of hydrogen-bond acceptors (Lipinski definition) is 7. The third kappa shape index (κ3) is 5.02. The number of nitrogens with zero attached hydrogens (tertiary/aromatic N) is 1. The van der Waals surface area contributed by atoms with Crippen molar-refractivity contribution in [3.8, 4) is 11.5 Å². The lowest BCUT2D eigenvalue weighted by atomic mass is 10.1. The fourth-order valence-electron chi connectivity index (χ4n) is 3.15. The molecule has 2 N–H and O–H groups in total. The Bertz CT molecular complexity index is 1490. The van der Waals surface area contributed by atoms with Crippen LogP contribution in [0.15, 0.2) is 93.3 Å². The number of ether oxygens (including phenoxy) is 2. The highest BCUT2D eigenvalue weighted by Gasteiger charge is 2.16. The van der Waals surface area contributed by atoms with Gasteiger partial charge in [0, 0.05) is 29.3 Å². The summed E-state index contributed by atoms with van der Waals surface area (Å²) in [7, 11) is -0.976. The average molecular weight is 480 g/mol. The molecule has 10 heteroatoms. The van der Waals surface area contributed by atoms with Crippen molar-refractivity contribution in [3.05, 3.63) is 90.0 Å². The molecule has 0 atom stereocenters. The molecule has 0 aliphatic rings. The summed E-state index contributed by atoms with van der Waals surface area (Å²) >= 11 is 0. The monoisotopic (exact) mass is 479 g/mol. The first-order valence-corrected chi connectivity index (χ1v) is 11.6. The third-order valence-corrected chi connectivity index (χ3v) is 6.06. The molecule has 174 valence electrons. The van der Waals surface area contributed by atoms with E-state index in [0.29, 0.717) is 28.2 Å². The van der Waals surface area contributed by atoms with E-state index in [1.54, 1.807) is 66.7 Å². The molecule has 9 nitrogen and oxygen atoms in total. The summed E-state index contributed by atoms with van der Waals surface area (Å²) in [6.07, 6.45) is 0. The minimum absolute atomic E-state index is 0.0222. The van der Waals surface area contributed by atoms with Crippen molar-refractivity contribution in [2.75, 3.05) is 19.5 Å². The summed E-state index contributed by atoms with van der Waals surface area (Å²) in [4.78, 5) is 15.3. The fraction of sp³-hybridized carbons (Fsp3) is 0.0833. The summed E-state index contributed by atoms with van der Waals surface area (Å²) in [6, 6.07) is 21.2. The molecule has 0 saturated carbocycles. The van der Waals surface area contributed by atoms with E-state index in [0.717, 1.165) is 0 Å². The van der Waals surface area contributed by atoms with E-state index >= 15 is 0 Å². The normalized spacial score (nSPS) is 11.8. The number of amides is 1. The van der Waals surface area contributed by atoms with Crippen molar-refractivity contribution in [2.24, 2.45) is 5.10 Å². The van der Waals surface area contributed by atoms with Crippen molar-refractivity contribution in [2.45, 2.75) is 4.90 Å². The molecule has 0 aliphatic carbocycles. The molecule has 0 saturated heterocycles. The molecule has 34 heavy (non-hydrogen) atoms. The second-order valence-electron chi connectivity index (χ2n) is 7.08. The minimum atomic E-state index is -3.97. The zero-order chi connectivity index (χ0) is 24.1. The maximum Gasteiger partial charge on any atom is 0.276 e. The van der Waals surface area contributed by atoms with Gasteiger partial charge in [-0.3, -0.25) is 4.79 Å². The van der Waals surface area contributed by atoms with Gasteiger partial charge >= 0.3 is 0 Å². The number of carbonyl (C=O) groups excluding carboxylic acids is 1. The van der Waals surface area contributed by atoms with Gasteiger partial charge < -0.3 is 19.2 Å². The zero-order valence-electron chi connectivity index (χ0n) is 18.3. The van der Waals surface area contributed by atoms with Crippen molar-refractivity contribution in [1.82, 2.24) is 4.83 Å². The van der Waals surface area contributed by atoms with Crippen LogP contribution in [0.4, 0.5) is 5.69 Å². The van der Waals surface area contributed by atoms with Crippen LogP contribution in [-0.2, 0) is 10.0 Å². The Hall–Kier alpha value is -4.31. The van der Waals surface area contributed by atoms with Gasteiger partial charge in [-0.15, -0.1) is 5.10 Å². The Labute approximate surface area is 195 Å². The van der Waals surface area contributed by atoms with Crippen molar-refractivity contribution in [1.29, 1.82) is 0 Å². The minimum Gasteiger partial charge on any atom is -0.497 e. The number of fused-ring (bicyclic) bond motifs is 1. The molecule has 0 bridgehead atoms. The Morgan fingerprint density at radius 1 is 0.882 bits per heavy atom. The quantitative estimate of drug-likeness (QED) is 0.392. The van der Waals surface area contributed by atoms with Crippen LogP contribution in [0.3, 0.4) is 0 Å². The van der Waals surface area contributed by atoms with Gasteiger partial charge in [-0.05, 0) is 24.3 Å². The maximum absolute atomic E-state index is 13.2. The van der Waals surface area contributed by atoms with E-state index in [1.165, 1.54) is 26.4 Å². The van der Waals surface area contributed by atoms with Crippen LogP contribution in [0, 0.1) is 0 Å². The SMILES string of the molecule is COc1cc(NC(=O)c2cc3ccccc3oc2=NNS(=O)(=O)c2ccccc2)cc(OC)c1. The summed E-state index contributed by atoms with van der Waals surface area (Å²) in [5, 5.41) is 7.30. The highest BCUT2D eigenvalue weighted by molar-refractivity contribution is 7.89. The van der Waals surface area contributed by atoms with Crippen LogP contribution in [0.5, 0.6) is 11.5 Å². The molecule has 0 fully saturated rings. The number of methoxy groups -OCH3 is 2. The van der Waals surface area contributed by atoms with Crippen LogP contribution < -0.4 is 25.2 Å². The molecular weight excluding hydrogens is 458 g/mol. The van der Waals surface area contributed by atoms with Gasteiger partial charge in [-0.2, -0.15) is 13.2 Å². The van der Waals surface area contributed by atoms with Gasteiger partial charge in [0.1, 0.15) is 22.6 Å². The topological polar surface area (TPSA) is 119 Å². The first kappa shape index (κ1) is 22.9. The second kappa shape index (κ2) is 9.67. The Balaban J connectivity index is 1.75. The number of sulfonamides is 1. The first-order chi connectivity index (χ1) is 16.4. The Morgan fingerprint density at radius 2 is 1.53 bits per heavy atom. The standard InChI is InChI=1S/C24H21N3O6S/c1-31-18-13-17(14-19(15-18)32-2)25-23(28)21-12-16-8-6-7-11-22(16)33-24(21)26-27-34(29,30)20-9-4-3-5-10-20/h3-15,27H,1-2H3,(H,25,28). The lowest BCUT2D eigenvalue weighted by molar-refractivity contribution is 0.102. The predicted molar refractivity (Wildman–Crippen MR) is 126 cm³/mol. The number of anilines is 1. The second-order valence-corrected chi connectivity index (χ2v) is 8.74. The van der Waals surface area contributed by atoms with Crippen LogP contribution in [0.2, 0.25) is 0 Å². The van der Waals surface area contributed by atoms with E-state index in [-0.39, 0.29) is 16.0 Å². The average Bonchev–Trinajstić information content (AvgIpc) is 2.87. The van der Waals surface area contributed by atoms with Crippen LogP contribution in [0.25, 0.3) is 11.0 Å². The van der Waals surface area contributed by atoms with E-state index in [9.17, 15) is 13.2 Å². The van der Waals surface area contributed by atoms with Gasteiger partial charge in [-0.1, -0.05) is 36.4 Å². The highest BCUT2D eigenvalue weighted by atomic mass is 32.2. The summed E-state index contributed by atoms with van der Waals surface area (Å²) in [5.41, 5.74) is 0.659. The van der Waals surface area contributed by atoms with E-state index in [4.69, 9.17) is 13.9 Å². The predicted octanol–water partition coefficient (Wildman–Crippen LogP) is 3.50. The summed E-state index contributed by atoms with van der Waals surface area (Å²) < 4.78 is 41.5. The molecule has 4 rings (SSSR count). The van der Waals surface area contributed by atoms with Gasteiger partial charge in [-0.25, -0.2) is 0 Å². The molecule has 1 heterocycles. The van der Waals surface area contributed by atoms with E-state index in [2.05, 4.69) is 15.2 Å². The first-order valence-electron chi connectivity index (χ1n) is 10.1. The number of nitrogens with one attached hydrogen (secondary N) is 2. The number of hydrogen-bond donors (Lipinski definition) is 2. The van der Waals surface area contributed by atoms with Crippen LogP contribution >= 0.6 is 0 Å². The van der Waals surface area contributed by atoms with Crippen molar-refractivity contribution in [3.63, 3.8) is 0 Å². The summed E-state index contributed by atoms with van der Waals surface area (Å²) in [5.74, 6) is 0.402. The number of benzene rings is 3. The van der Waals surface area contributed by atoms with Gasteiger partial charge in [0.2, 0.25) is 5.55 Å². The number of rotatable bonds is 7. The van der Waals surface area contributed by atoms with Crippen LogP contribution in [0.1, 0.15) is 10.4 Å². The van der Waals surface area contributed by atoms with E-state index in [1.807, 2.05) is 0 Å². The summed E-state index contributed by atoms with van der Waals surface area (Å²) in [6.45, 7) is 0. The van der Waals surface area contributed by atoms with Crippen LogP contribution in [-0.4, -0.2) is 28.5 Å². The lowest BCUT2D eigenvalue weighted by Crippen LogP contribution is -2.27. The molecule has 0 aliphatic heterocycles. The largest absolute Gasteiger partial charge is 0.497 e. The molecule has 1 amide bonds. The molecule has 3 aromatic carbocycles. The van der Waals surface area contributed by atoms with Gasteiger partial charge in [0.25, 0.3) is 15.9 Å². The molecule has 4 aromatic rings. The third-order valence-electron chi connectivity index (χ3n) is 4.83. The van der Waals surface area contributed by atoms with Gasteiger partial charge in [0.05, 0.1) is 19.1 Å². The molecule has 0 unspecified atom stereocenters. The fourth-order valence-corrected chi connectivity index (χ4v) is 3.97. The van der Waals surface area contributed by atoms with Crippen molar-refractivity contribution < 1.29 is 27.1 Å². The molecule has 1 aromatic heterocycles. The lowest BCUT2D eigenvalue weighted by Gasteiger charge is -2.10. The Kier molecular flexibility index (Phi) is 6.51. The Morgan fingerprint density at radius 3 is 2.21 bits per heavy atom. The number of para-hydroxylation sites is 1.